The summed E-state index contributed by atoms with van der Waals surface area (Å²) in [4.78, 5) is 21.9. The highest BCUT2D eigenvalue weighted by molar-refractivity contribution is 6.35. The Kier molecular flexibility index (Phi) is 5.25. The van der Waals surface area contributed by atoms with Crippen LogP contribution in [0.25, 0.3) is 0 Å². The Morgan fingerprint density at radius 3 is 2.61 bits per heavy atom. The van der Waals surface area contributed by atoms with Crippen LogP contribution in [0.5, 0.6) is 5.75 Å². The molecule has 0 saturated carbocycles. The van der Waals surface area contributed by atoms with Gasteiger partial charge in [-0.3, -0.25) is 4.79 Å². The number of rotatable bonds is 5. The predicted molar refractivity (Wildman–Crippen MR) is 66.7 cm³/mol. The molecule has 1 aromatic carbocycles. The van der Waals surface area contributed by atoms with Crippen LogP contribution in [-0.2, 0) is 14.3 Å². The van der Waals surface area contributed by atoms with Crippen LogP contribution in [0.4, 0.5) is 0 Å². The van der Waals surface area contributed by atoms with Crippen LogP contribution in [0.1, 0.15) is 6.92 Å². The zero-order valence-electron chi connectivity index (χ0n) is 9.48. The van der Waals surface area contributed by atoms with E-state index in [4.69, 9.17) is 33.7 Å². The molecule has 0 aliphatic rings. The Bertz CT molecular complexity index is 464. The summed E-state index contributed by atoms with van der Waals surface area (Å²) in [6.45, 7) is 0.981. The smallest absolute Gasteiger partial charge is 0.347 e. The molecule has 0 spiro atoms. The van der Waals surface area contributed by atoms with Crippen LogP contribution in [0.2, 0.25) is 10.0 Å². The number of benzene rings is 1. The maximum atomic E-state index is 11.4. The molecule has 0 aromatic heterocycles. The van der Waals surface area contributed by atoms with Gasteiger partial charge in [0.1, 0.15) is 5.75 Å². The van der Waals surface area contributed by atoms with Gasteiger partial charge in [0.2, 0.25) is 0 Å². The molecular formula is C11H11Cl2NO4. The van der Waals surface area contributed by atoms with E-state index < -0.39 is 24.6 Å². The van der Waals surface area contributed by atoms with Crippen LogP contribution >= 0.6 is 23.2 Å². The summed E-state index contributed by atoms with van der Waals surface area (Å²) in [6.07, 6.45) is -0.914. The van der Waals surface area contributed by atoms with Gasteiger partial charge >= 0.3 is 5.97 Å². The van der Waals surface area contributed by atoms with Gasteiger partial charge in [-0.25, -0.2) is 4.79 Å². The Labute approximate surface area is 114 Å². The summed E-state index contributed by atoms with van der Waals surface area (Å²) in [5.74, 6) is -1.15. The van der Waals surface area contributed by atoms with E-state index in [-0.39, 0.29) is 5.02 Å². The van der Waals surface area contributed by atoms with Crippen molar-refractivity contribution in [1.82, 2.24) is 0 Å². The second-order valence-corrected chi connectivity index (χ2v) is 4.25. The predicted octanol–water partition coefficient (Wildman–Crippen LogP) is 1.79. The molecule has 98 valence electrons. The number of carbonyl (C=O) groups is 2. The highest BCUT2D eigenvalue weighted by Crippen LogP contribution is 2.28. The molecule has 0 saturated heterocycles. The molecule has 0 aliphatic carbocycles. The summed E-state index contributed by atoms with van der Waals surface area (Å²) < 4.78 is 9.87. The molecule has 0 aliphatic heterocycles. The Hall–Kier alpha value is -1.46. The second-order valence-electron chi connectivity index (χ2n) is 3.41. The third kappa shape index (κ3) is 4.43. The second kappa shape index (κ2) is 6.47. The molecule has 0 radical (unpaired) electrons. The summed E-state index contributed by atoms with van der Waals surface area (Å²) in [6, 6.07) is 4.59. The van der Waals surface area contributed by atoms with E-state index in [0.717, 1.165) is 0 Å². The lowest BCUT2D eigenvalue weighted by atomic mass is 10.3. The number of carbonyl (C=O) groups excluding carboxylic acids is 2. The minimum atomic E-state index is -0.914. The quantitative estimate of drug-likeness (QED) is 0.839. The minimum Gasteiger partial charge on any atom is -0.477 e. The van der Waals surface area contributed by atoms with Crippen LogP contribution in [0.15, 0.2) is 18.2 Å². The van der Waals surface area contributed by atoms with Crippen molar-refractivity contribution in [3.05, 3.63) is 28.2 Å². The normalized spacial score (nSPS) is 11.7. The first-order chi connectivity index (χ1) is 8.40. The van der Waals surface area contributed by atoms with Crippen LogP contribution in [0.3, 0.4) is 0 Å². The number of nitrogens with two attached hydrogens (primary N) is 1. The van der Waals surface area contributed by atoms with E-state index in [1.54, 1.807) is 6.07 Å². The number of hydrogen-bond donors (Lipinski definition) is 1. The fraction of sp³-hybridized carbons (Fsp3) is 0.273. The minimum absolute atomic E-state index is 0.275. The summed E-state index contributed by atoms with van der Waals surface area (Å²) in [7, 11) is 0. The maximum Gasteiger partial charge on any atom is 0.347 e. The Morgan fingerprint density at radius 2 is 2.06 bits per heavy atom. The largest absolute Gasteiger partial charge is 0.477 e. The van der Waals surface area contributed by atoms with Gasteiger partial charge in [0.25, 0.3) is 5.91 Å². The fourth-order valence-corrected chi connectivity index (χ4v) is 1.52. The number of halogens is 2. The molecule has 0 heterocycles. The molecule has 7 heteroatoms. The maximum absolute atomic E-state index is 11.4. The van der Waals surface area contributed by atoms with E-state index in [9.17, 15) is 9.59 Å². The molecule has 0 bridgehead atoms. The molecule has 1 aromatic rings. The zero-order valence-corrected chi connectivity index (χ0v) is 11.0. The lowest BCUT2D eigenvalue weighted by Gasteiger charge is -2.14. The van der Waals surface area contributed by atoms with Crippen molar-refractivity contribution in [3.8, 4) is 5.75 Å². The van der Waals surface area contributed by atoms with Gasteiger partial charge < -0.3 is 15.2 Å². The standard InChI is InChI=1S/C11H11Cl2NO4/c1-6(11(16)17-5-10(14)15)18-9-3-2-7(12)4-8(9)13/h2-4,6H,5H2,1H3,(H2,14,15)/t6-/m1/s1. The summed E-state index contributed by atoms with van der Waals surface area (Å²) >= 11 is 11.6. The van der Waals surface area contributed by atoms with E-state index in [2.05, 4.69) is 4.74 Å². The van der Waals surface area contributed by atoms with E-state index in [1.165, 1.54) is 19.1 Å². The van der Waals surface area contributed by atoms with Crippen LogP contribution < -0.4 is 10.5 Å². The van der Waals surface area contributed by atoms with Crippen molar-refractivity contribution >= 4 is 35.1 Å². The molecule has 18 heavy (non-hydrogen) atoms. The molecule has 0 fully saturated rings. The van der Waals surface area contributed by atoms with Crippen molar-refractivity contribution in [3.63, 3.8) is 0 Å². The molecule has 1 atom stereocenters. The zero-order chi connectivity index (χ0) is 13.7. The lowest BCUT2D eigenvalue weighted by Crippen LogP contribution is -2.30. The average Bonchev–Trinajstić information content (AvgIpc) is 2.29. The third-order valence-electron chi connectivity index (χ3n) is 1.89. The third-order valence-corrected chi connectivity index (χ3v) is 2.42. The Morgan fingerprint density at radius 1 is 1.39 bits per heavy atom. The van der Waals surface area contributed by atoms with Gasteiger partial charge in [0, 0.05) is 5.02 Å². The number of esters is 1. The number of amides is 1. The van der Waals surface area contributed by atoms with Crippen LogP contribution in [-0.4, -0.2) is 24.6 Å². The summed E-state index contributed by atoms with van der Waals surface area (Å²) in [5, 5.41) is 0.730. The highest BCUT2D eigenvalue weighted by atomic mass is 35.5. The van der Waals surface area contributed by atoms with Crippen molar-refractivity contribution in [1.29, 1.82) is 0 Å². The average molecular weight is 292 g/mol. The molecular weight excluding hydrogens is 281 g/mol. The number of ether oxygens (including phenoxy) is 2. The molecule has 1 amide bonds. The van der Waals surface area contributed by atoms with Gasteiger partial charge in [-0.1, -0.05) is 23.2 Å². The monoisotopic (exact) mass is 291 g/mol. The van der Waals surface area contributed by atoms with Gasteiger partial charge in [-0.05, 0) is 25.1 Å². The molecule has 5 nitrogen and oxygen atoms in total. The van der Waals surface area contributed by atoms with Crippen molar-refractivity contribution in [2.75, 3.05) is 6.61 Å². The van der Waals surface area contributed by atoms with Gasteiger partial charge in [-0.15, -0.1) is 0 Å². The first-order valence-electron chi connectivity index (χ1n) is 4.97. The van der Waals surface area contributed by atoms with E-state index >= 15 is 0 Å². The molecule has 0 unspecified atom stereocenters. The van der Waals surface area contributed by atoms with Gasteiger partial charge in [0.05, 0.1) is 5.02 Å². The molecule has 1 rings (SSSR count). The highest BCUT2D eigenvalue weighted by Gasteiger charge is 2.18. The van der Waals surface area contributed by atoms with Gasteiger partial charge in [0.15, 0.2) is 12.7 Å². The lowest BCUT2D eigenvalue weighted by molar-refractivity contribution is -0.154. The van der Waals surface area contributed by atoms with Crippen molar-refractivity contribution in [2.24, 2.45) is 5.73 Å². The first kappa shape index (κ1) is 14.6. The topological polar surface area (TPSA) is 78.6 Å². The fourth-order valence-electron chi connectivity index (χ4n) is 1.07. The number of primary amides is 1. The van der Waals surface area contributed by atoms with Gasteiger partial charge in [-0.2, -0.15) is 0 Å². The van der Waals surface area contributed by atoms with E-state index in [1.807, 2.05) is 0 Å². The Balaban J connectivity index is 2.60. The summed E-state index contributed by atoms with van der Waals surface area (Å²) in [5.41, 5.74) is 4.84. The number of hydrogen-bond acceptors (Lipinski definition) is 4. The van der Waals surface area contributed by atoms with Crippen molar-refractivity contribution < 1.29 is 19.1 Å². The first-order valence-corrected chi connectivity index (χ1v) is 5.72. The SMILES string of the molecule is C[C@@H](Oc1ccc(Cl)cc1Cl)C(=O)OCC(N)=O. The molecule has 2 N–H and O–H groups in total. The van der Waals surface area contributed by atoms with E-state index in [0.29, 0.717) is 10.8 Å². The van der Waals surface area contributed by atoms with Crippen molar-refractivity contribution in [2.45, 2.75) is 13.0 Å². The van der Waals surface area contributed by atoms with Crippen LogP contribution in [0, 0.1) is 0 Å².